The van der Waals surface area contributed by atoms with Crippen LogP contribution in [0.2, 0.25) is 0 Å². The molecule has 0 aromatic heterocycles. The molecular weight excluding hydrogens is 290 g/mol. The maximum Gasteiger partial charge on any atom is 0.0486 e. The van der Waals surface area contributed by atoms with Crippen LogP contribution >= 0.6 is 15.9 Å². The minimum Gasteiger partial charge on any atom is -0.399 e. The number of nitrogens with one attached hydrogen (secondary N) is 1. The van der Waals surface area contributed by atoms with E-state index < -0.39 is 0 Å². The number of rotatable bonds is 4. The lowest BCUT2D eigenvalue weighted by Crippen LogP contribution is -2.30. The third-order valence-corrected chi connectivity index (χ3v) is 4.36. The van der Waals surface area contributed by atoms with Crippen molar-refractivity contribution in [1.29, 1.82) is 0 Å². The standard InChI is InChI=1S/C14H22BrN3/c1-18-8-5-11(6-9-18)4-7-17-14-3-2-12(16)10-13(14)15/h2-3,10-11,17H,4-9,16H2,1H3. The molecule has 3 N–H and O–H groups in total. The summed E-state index contributed by atoms with van der Waals surface area (Å²) in [7, 11) is 2.21. The predicted octanol–water partition coefficient (Wildman–Crippen LogP) is 3.18. The third-order valence-electron chi connectivity index (χ3n) is 3.70. The highest BCUT2D eigenvalue weighted by atomic mass is 79.9. The van der Waals surface area contributed by atoms with Crippen molar-refractivity contribution < 1.29 is 0 Å². The van der Waals surface area contributed by atoms with Crippen molar-refractivity contribution in [2.75, 3.05) is 37.7 Å². The van der Waals surface area contributed by atoms with E-state index in [1.165, 1.54) is 32.4 Å². The van der Waals surface area contributed by atoms with Crippen molar-refractivity contribution in [3.63, 3.8) is 0 Å². The Bertz CT molecular complexity index is 387. The van der Waals surface area contributed by atoms with Gasteiger partial charge in [-0.15, -0.1) is 0 Å². The summed E-state index contributed by atoms with van der Waals surface area (Å²) in [4.78, 5) is 2.42. The molecule has 0 unspecified atom stereocenters. The second-order valence-electron chi connectivity index (χ2n) is 5.20. The zero-order valence-electron chi connectivity index (χ0n) is 11.0. The fraction of sp³-hybridized carbons (Fsp3) is 0.571. The first-order valence-corrected chi connectivity index (χ1v) is 7.42. The molecule has 2 rings (SSSR count). The van der Waals surface area contributed by atoms with Gasteiger partial charge in [-0.25, -0.2) is 0 Å². The highest BCUT2D eigenvalue weighted by Gasteiger charge is 2.15. The molecule has 0 radical (unpaired) electrons. The molecule has 1 aromatic carbocycles. The van der Waals surface area contributed by atoms with E-state index in [0.29, 0.717) is 0 Å². The van der Waals surface area contributed by atoms with Gasteiger partial charge >= 0.3 is 0 Å². The van der Waals surface area contributed by atoms with Gasteiger partial charge in [-0.1, -0.05) is 0 Å². The Labute approximate surface area is 118 Å². The lowest BCUT2D eigenvalue weighted by atomic mass is 9.94. The molecule has 0 amide bonds. The van der Waals surface area contributed by atoms with Gasteiger partial charge in [0.15, 0.2) is 0 Å². The van der Waals surface area contributed by atoms with Crippen LogP contribution in [0.5, 0.6) is 0 Å². The summed E-state index contributed by atoms with van der Waals surface area (Å²) in [6.07, 6.45) is 3.92. The molecule has 0 spiro atoms. The highest BCUT2D eigenvalue weighted by molar-refractivity contribution is 9.10. The summed E-state index contributed by atoms with van der Waals surface area (Å²) in [6, 6.07) is 5.91. The van der Waals surface area contributed by atoms with Gasteiger partial charge in [-0.2, -0.15) is 0 Å². The number of benzene rings is 1. The number of halogens is 1. The molecule has 0 saturated carbocycles. The summed E-state index contributed by atoms with van der Waals surface area (Å²) in [5.41, 5.74) is 7.65. The Morgan fingerprint density at radius 2 is 2.11 bits per heavy atom. The van der Waals surface area contributed by atoms with Gasteiger partial charge in [0, 0.05) is 22.4 Å². The second kappa shape index (κ2) is 6.43. The average molecular weight is 312 g/mol. The Morgan fingerprint density at radius 3 is 2.78 bits per heavy atom. The predicted molar refractivity (Wildman–Crippen MR) is 81.9 cm³/mol. The molecule has 1 fully saturated rings. The molecule has 4 heteroatoms. The van der Waals surface area contributed by atoms with Crippen LogP contribution in [-0.4, -0.2) is 31.6 Å². The van der Waals surface area contributed by atoms with Crippen molar-refractivity contribution in [3.05, 3.63) is 22.7 Å². The van der Waals surface area contributed by atoms with Crippen LogP contribution in [0.1, 0.15) is 19.3 Å². The van der Waals surface area contributed by atoms with Crippen LogP contribution in [0, 0.1) is 5.92 Å². The number of nitrogen functional groups attached to an aromatic ring is 1. The zero-order chi connectivity index (χ0) is 13.0. The van der Waals surface area contributed by atoms with Crippen molar-refractivity contribution in [3.8, 4) is 0 Å². The Hall–Kier alpha value is -0.740. The number of hydrogen-bond acceptors (Lipinski definition) is 3. The van der Waals surface area contributed by atoms with E-state index >= 15 is 0 Å². The van der Waals surface area contributed by atoms with E-state index in [9.17, 15) is 0 Å². The number of nitrogens with two attached hydrogens (primary N) is 1. The molecular formula is C14H22BrN3. The molecule has 1 aliphatic rings. The molecule has 0 aliphatic carbocycles. The van der Waals surface area contributed by atoms with Crippen LogP contribution in [0.4, 0.5) is 11.4 Å². The van der Waals surface area contributed by atoms with Gasteiger partial charge in [0.1, 0.15) is 0 Å². The monoisotopic (exact) mass is 311 g/mol. The minimum absolute atomic E-state index is 0.794. The van der Waals surface area contributed by atoms with Crippen molar-refractivity contribution in [1.82, 2.24) is 4.90 Å². The second-order valence-corrected chi connectivity index (χ2v) is 6.06. The summed E-state index contributed by atoms with van der Waals surface area (Å²) in [5.74, 6) is 0.876. The fourth-order valence-electron chi connectivity index (χ4n) is 2.44. The summed E-state index contributed by atoms with van der Waals surface area (Å²) >= 11 is 3.53. The topological polar surface area (TPSA) is 41.3 Å². The first-order valence-electron chi connectivity index (χ1n) is 6.62. The third kappa shape index (κ3) is 3.89. The van der Waals surface area contributed by atoms with E-state index in [4.69, 9.17) is 5.73 Å². The van der Waals surface area contributed by atoms with Gasteiger partial charge in [0.25, 0.3) is 0 Å². The first-order chi connectivity index (χ1) is 8.65. The van der Waals surface area contributed by atoms with E-state index in [0.717, 1.165) is 28.3 Å². The average Bonchev–Trinajstić information content (AvgIpc) is 2.34. The Kier molecular flexibility index (Phi) is 4.89. The summed E-state index contributed by atoms with van der Waals surface area (Å²) in [5, 5.41) is 3.48. The number of anilines is 2. The minimum atomic E-state index is 0.794. The number of hydrogen-bond donors (Lipinski definition) is 2. The molecule has 0 bridgehead atoms. The first kappa shape index (κ1) is 13.7. The molecule has 0 atom stereocenters. The van der Waals surface area contributed by atoms with E-state index in [-0.39, 0.29) is 0 Å². The Morgan fingerprint density at radius 1 is 1.39 bits per heavy atom. The molecule has 1 heterocycles. The smallest absolute Gasteiger partial charge is 0.0486 e. The van der Waals surface area contributed by atoms with E-state index in [1.54, 1.807) is 0 Å². The summed E-state index contributed by atoms with van der Waals surface area (Å²) in [6.45, 7) is 3.53. The largest absolute Gasteiger partial charge is 0.399 e. The van der Waals surface area contributed by atoms with Gasteiger partial charge in [-0.3, -0.25) is 0 Å². The van der Waals surface area contributed by atoms with Crippen molar-refractivity contribution >= 4 is 27.3 Å². The number of piperidine rings is 1. The molecule has 18 heavy (non-hydrogen) atoms. The molecule has 3 nitrogen and oxygen atoms in total. The zero-order valence-corrected chi connectivity index (χ0v) is 12.5. The summed E-state index contributed by atoms with van der Waals surface area (Å²) < 4.78 is 1.05. The lowest BCUT2D eigenvalue weighted by molar-refractivity contribution is 0.215. The van der Waals surface area contributed by atoms with E-state index in [2.05, 4.69) is 33.2 Å². The van der Waals surface area contributed by atoms with Gasteiger partial charge in [0.2, 0.25) is 0 Å². The lowest BCUT2D eigenvalue weighted by Gasteiger charge is -2.29. The molecule has 1 aliphatic heterocycles. The number of nitrogens with zero attached hydrogens (tertiary/aromatic N) is 1. The molecule has 100 valence electrons. The van der Waals surface area contributed by atoms with Crippen LogP contribution in [0.3, 0.4) is 0 Å². The van der Waals surface area contributed by atoms with Crippen molar-refractivity contribution in [2.45, 2.75) is 19.3 Å². The van der Waals surface area contributed by atoms with Crippen LogP contribution in [-0.2, 0) is 0 Å². The quantitative estimate of drug-likeness (QED) is 0.839. The SMILES string of the molecule is CN1CCC(CCNc2ccc(N)cc2Br)CC1. The van der Waals surface area contributed by atoms with Crippen LogP contribution < -0.4 is 11.1 Å². The van der Waals surface area contributed by atoms with Crippen molar-refractivity contribution in [2.24, 2.45) is 5.92 Å². The van der Waals surface area contributed by atoms with Gasteiger partial charge < -0.3 is 16.0 Å². The molecule has 1 aromatic rings. The van der Waals surface area contributed by atoms with Crippen LogP contribution in [0.15, 0.2) is 22.7 Å². The number of likely N-dealkylation sites (tertiary alicyclic amines) is 1. The fourth-order valence-corrected chi connectivity index (χ4v) is 2.97. The normalized spacial score (nSPS) is 17.9. The Balaban J connectivity index is 1.75. The molecule has 1 saturated heterocycles. The van der Waals surface area contributed by atoms with E-state index in [1.807, 2.05) is 18.2 Å². The maximum atomic E-state index is 5.72. The van der Waals surface area contributed by atoms with Gasteiger partial charge in [0.05, 0.1) is 0 Å². The highest BCUT2D eigenvalue weighted by Crippen LogP contribution is 2.25. The van der Waals surface area contributed by atoms with Gasteiger partial charge in [-0.05, 0) is 79.4 Å². The maximum absolute atomic E-state index is 5.72. The van der Waals surface area contributed by atoms with Crippen LogP contribution in [0.25, 0.3) is 0 Å².